The van der Waals surface area contributed by atoms with Gasteiger partial charge in [-0.2, -0.15) is 0 Å². The molecule has 0 atom stereocenters. The van der Waals surface area contributed by atoms with Crippen molar-refractivity contribution >= 4 is 0 Å². The van der Waals surface area contributed by atoms with Gasteiger partial charge in [0.05, 0.1) is 13.3 Å². The van der Waals surface area contributed by atoms with Gasteiger partial charge in [-0.15, -0.1) is 0 Å². The summed E-state index contributed by atoms with van der Waals surface area (Å²) in [6.45, 7) is 7.08. The van der Waals surface area contributed by atoms with E-state index in [1.807, 2.05) is 6.20 Å². The van der Waals surface area contributed by atoms with E-state index in [0.29, 0.717) is 11.5 Å². The molecule has 19 heavy (non-hydrogen) atoms. The molecule has 1 aliphatic heterocycles. The lowest BCUT2D eigenvalue weighted by molar-refractivity contribution is 0.0891. The second kappa shape index (κ2) is 4.78. The summed E-state index contributed by atoms with van der Waals surface area (Å²) in [5.41, 5.74) is 3.20. The molecule has 1 aromatic rings. The van der Waals surface area contributed by atoms with Gasteiger partial charge in [0.15, 0.2) is 0 Å². The third kappa shape index (κ3) is 2.36. The average molecular weight is 260 g/mol. The molecule has 2 heterocycles. The summed E-state index contributed by atoms with van der Waals surface area (Å²) in [5.74, 6) is 0.899. The molecule has 1 aliphatic carbocycles. The molecular formula is C16H24N2O. The lowest BCUT2D eigenvalue weighted by Crippen LogP contribution is -2.43. The summed E-state index contributed by atoms with van der Waals surface area (Å²) in [6.07, 6.45) is 6.84. The number of rotatable bonds is 2. The maximum atomic E-state index is 5.29. The van der Waals surface area contributed by atoms with Crippen molar-refractivity contribution in [2.45, 2.75) is 45.6 Å². The Morgan fingerprint density at radius 3 is 2.63 bits per heavy atom. The van der Waals surface area contributed by atoms with Crippen LogP contribution in [0.4, 0.5) is 0 Å². The minimum absolute atomic E-state index is 0.479. The Hall–Kier alpha value is -1.09. The van der Waals surface area contributed by atoms with Gasteiger partial charge in [0.25, 0.3) is 0 Å². The van der Waals surface area contributed by atoms with E-state index in [2.05, 4.69) is 29.8 Å². The summed E-state index contributed by atoms with van der Waals surface area (Å²) in [6, 6.07) is 2.87. The van der Waals surface area contributed by atoms with Crippen LogP contribution in [0, 0.1) is 5.41 Å². The largest absolute Gasteiger partial charge is 0.495 e. The third-order valence-electron chi connectivity index (χ3n) is 4.97. The molecule has 0 aromatic carbocycles. The van der Waals surface area contributed by atoms with Gasteiger partial charge in [-0.3, -0.25) is 4.98 Å². The van der Waals surface area contributed by atoms with Crippen molar-refractivity contribution < 1.29 is 4.74 Å². The highest BCUT2D eigenvalue weighted by Gasteiger charge is 2.40. The Kier molecular flexibility index (Phi) is 3.25. The number of hydrogen-bond donors (Lipinski definition) is 0. The van der Waals surface area contributed by atoms with E-state index in [1.54, 1.807) is 7.11 Å². The van der Waals surface area contributed by atoms with Gasteiger partial charge in [0.1, 0.15) is 5.75 Å². The Labute approximate surface area is 116 Å². The van der Waals surface area contributed by atoms with Crippen molar-refractivity contribution in [2.75, 3.05) is 20.2 Å². The summed E-state index contributed by atoms with van der Waals surface area (Å²) >= 11 is 0. The first-order valence-electron chi connectivity index (χ1n) is 7.38. The van der Waals surface area contributed by atoms with Gasteiger partial charge >= 0.3 is 0 Å². The van der Waals surface area contributed by atoms with E-state index in [1.165, 1.54) is 43.6 Å². The van der Waals surface area contributed by atoms with Gasteiger partial charge in [0, 0.05) is 11.7 Å². The number of likely N-dealkylation sites (tertiary alicyclic amines) is 1. The van der Waals surface area contributed by atoms with Gasteiger partial charge in [0.2, 0.25) is 0 Å². The zero-order chi connectivity index (χ0) is 13.5. The molecule has 1 saturated heterocycles. The van der Waals surface area contributed by atoms with Crippen molar-refractivity contribution in [1.82, 2.24) is 9.88 Å². The number of pyridine rings is 1. The second-order valence-electron chi connectivity index (χ2n) is 6.46. The monoisotopic (exact) mass is 260 g/mol. The first-order chi connectivity index (χ1) is 9.12. The van der Waals surface area contributed by atoms with Crippen LogP contribution in [-0.4, -0.2) is 36.1 Å². The number of aromatic nitrogens is 1. The smallest absolute Gasteiger partial charge is 0.137 e. The SMILES string of the molecule is COc1cnc2c(c1)CC1(CCN(C(C)C)CC1)C2. The highest BCUT2D eigenvalue weighted by atomic mass is 16.5. The molecule has 3 heteroatoms. The van der Waals surface area contributed by atoms with E-state index in [4.69, 9.17) is 4.74 Å². The van der Waals surface area contributed by atoms with Crippen LogP contribution in [0.1, 0.15) is 37.9 Å². The topological polar surface area (TPSA) is 25.4 Å². The Bertz CT molecular complexity index is 462. The summed E-state index contributed by atoms with van der Waals surface area (Å²) in [4.78, 5) is 7.19. The lowest BCUT2D eigenvalue weighted by Gasteiger charge is -2.41. The molecule has 0 amide bonds. The van der Waals surface area contributed by atoms with Crippen molar-refractivity contribution in [2.24, 2.45) is 5.41 Å². The molecule has 3 rings (SSSR count). The first-order valence-corrected chi connectivity index (χ1v) is 7.38. The second-order valence-corrected chi connectivity index (χ2v) is 6.46. The molecule has 1 aromatic heterocycles. The number of nitrogens with zero attached hydrogens (tertiary/aromatic N) is 2. The average Bonchev–Trinajstić information content (AvgIpc) is 2.75. The molecule has 2 aliphatic rings. The van der Waals surface area contributed by atoms with Crippen LogP contribution in [0.2, 0.25) is 0 Å². The van der Waals surface area contributed by atoms with Crippen molar-refractivity contribution in [3.05, 3.63) is 23.5 Å². The molecule has 104 valence electrons. The van der Waals surface area contributed by atoms with Crippen LogP contribution < -0.4 is 4.74 Å². The fourth-order valence-corrected chi connectivity index (χ4v) is 3.63. The minimum Gasteiger partial charge on any atom is -0.495 e. The van der Waals surface area contributed by atoms with Crippen molar-refractivity contribution in [1.29, 1.82) is 0 Å². The summed E-state index contributed by atoms with van der Waals surface area (Å²) < 4.78 is 5.29. The quantitative estimate of drug-likeness (QED) is 0.817. The zero-order valence-corrected chi connectivity index (χ0v) is 12.3. The Morgan fingerprint density at radius 1 is 1.26 bits per heavy atom. The van der Waals surface area contributed by atoms with Crippen LogP contribution in [0.25, 0.3) is 0 Å². The highest BCUT2D eigenvalue weighted by molar-refractivity contribution is 5.35. The predicted molar refractivity (Wildman–Crippen MR) is 76.6 cm³/mol. The third-order valence-corrected chi connectivity index (χ3v) is 4.97. The number of methoxy groups -OCH3 is 1. The van der Waals surface area contributed by atoms with Gasteiger partial charge in [-0.05, 0) is 69.7 Å². The molecule has 3 nitrogen and oxygen atoms in total. The number of hydrogen-bond acceptors (Lipinski definition) is 3. The molecular weight excluding hydrogens is 236 g/mol. The minimum atomic E-state index is 0.479. The first kappa shape index (κ1) is 12.9. The Morgan fingerprint density at radius 2 is 2.00 bits per heavy atom. The van der Waals surface area contributed by atoms with Gasteiger partial charge < -0.3 is 9.64 Å². The van der Waals surface area contributed by atoms with Crippen LogP contribution in [0.5, 0.6) is 5.75 Å². The highest BCUT2D eigenvalue weighted by Crippen LogP contribution is 2.44. The van der Waals surface area contributed by atoms with Gasteiger partial charge in [-0.25, -0.2) is 0 Å². The predicted octanol–water partition coefficient (Wildman–Crippen LogP) is 2.68. The van der Waals surface area contributed by atoms with Crippen LogP contribution >= 0.6 is 0 Å². The van der Waals surface area contributed by atoms with E-state index in [0.717, 1.165) is 12.2 Å². The molecule has 0 radical (unpaired) electrons. The zero-order valence-electron chi connectivity index (χ0n) is 12.3. The van der Waals surface area contributed by atoms with E-state index in [9.17, 15) is 0 Å². The molecule has 0 N–H and O–H groups in total. The van der Waals surface area contributed by atoms with Crippen LogP contribution in [-0.2, 0) is 12.8 Å². The fourth-order valence-electron chi connectivity index (χ4n) is 3.63. The summed E-state index contributed by atoms with van der Waals surface area (Å²) in [5, 5.41) is 0. The fraction of sp³-hybridized carbons (Fsp3) is 0.688. The van der Waals surface area contributed by atoms with Crippen molar-refractivity contribution in [3.63, 3.8) is 0 Å². The molecule has 0 unspecified atom stereocenters. The lowest BCUT2D eigenvalue weighted by atomic mass is 9.76. The maximum Gasteiger partial charge on any atom is 0.137 e. The maximum absolute atomic E-state index is 5.29. The van der Waals surface area contributed by atoms with E-state index < -0.39 is 0 Å². The number of piperidine rings is 1. The van der Waals surface area contributed by atoms with Crippen LogP contribution in [0.15, 0.2) is 12.3 Å². The molecule has 0 bridgehead atoms. The molecule has 0 saturated carbocycles. The number of ether oxygens (including phenoxy) is 1. The molecule has 1 spiro atoms. The normalized spacial score (nSPS) is 21.9. The standard InChI is InChI=1S/C16H24N2O/c1-12(2)18-6-4-16(5-7-18)9-13-8-14(19-3)11-17-15(13)10-16/h8,11-12H,4-7,9-10H2,1-3H3. The Balaban J connectivity index is 1.73. The van der Waals surface area contributed by atoms with Gasteiger partial charge in [-0.1, -0.05) is 0 Å². The molecule has 1 fully saturated rings. The van der Waals surface area contributed by atoms with E-state index >= 15 is 0 Å². The van der Waals surface area contributed by atoms with Crippen molar-refractivity contribution in [3.8, 4) is 5.75 Å². The van der Waals surface area contributed by atoms with Crippen LogP contribution in [0.3, 0.4) is 0 Å². The van der Waals surface area contributed by atoms with E-state index in [-0.39, 0.29) is 0 Å². The number of fused-ring (bicyclic) bond motifs is 1. The summed E-state index contributed by atoms with van der Waals surface area (Å²) in [7, 11) is 1.72.